The van der Waals surface area contributed by atoms with Gasteiger partial charge in [-0.2, -0.15) is 11.3 Å². The van der Waals surface area contributed by atoms with E-state index in [1.165, 1.54) is 11.3 Å². The van der Waals surface area contributed by atoms with Crippen LogP contribution < -0.4 is 5.73 Å². The first-order valence-electron chi connectivity index (χ1n) is 13.6. The summed E-state index contributed by atoms with van der Waals surface area (Å²) in [5, 5.41) is 12.8. The molecule has 2 fully saturated rings. The van der Waals surface area contributed by atoms with E-state index >= 15 is 0 Å². The maximum absolute atomic E-state index is 13.3. The van der Waals surface area contributed by atoms with E-state index in [1.807, 2.05) is 43.8 Å². The molecule has 3 heterocycles. The highest BCUT2D eigenvalue weighted by atomic mass is 32.1. The molecule has 208 valence electrons. The molecule has 2 aromatic rings. The largest absolute Gasteiger partial charge is 0.444 e. The van der Waals surface area contributed by atoms with Crippen molar-refractivity contribution in [3.8, 4) is 0 Å². The highest BCUT2D eigenvalue weighted by Crippen LogP contribution is 2.45. The summed E-state index contributed by atoms with van der Waals surface area (Å²) in [4.78, 5) is 40.4. The second kappa shape index (κ2) is 10.8. The summed E-state index contributed by atoms with van der Waals surface area (Å²) in [6, 6.07) is 1.87. The van der Waals surface area contributed by atoms with Gasteiger partial charge in [0.1, 0.15) is 11.1 Å². The van der Waals surface area contributed by atoms with Crippen molar-refractivity contribution in [3.05, 3.63) is 34.3 Å². The molecule has 10 heteroatoms. The van der Waals surface area contributed by atoms with Gasteiger partial charge in [0.2, 0.25) is 5.91 Å². The van der Waals surface area contributed by atoms with Crippen LogP contribution in [0.3, 0.4) is 0 Å². The number of hydrogen-bond donors (Lipinski definition) is 1. The molecule has 1 saturated carbocycles. The molecule has 0 aromatic carbocycles. The second-order valence-electron chi connectivity index (χ2n) is 12.4. The van der Waals surface area contributed by atoms with Crippen LogP contribution in [0.1, 0.15) is 95.6 Å². The van der Waals surface area contributed by atoms with E-state index < -0.39 is 28.6 Å². The van der Waals surface area contributed by atoms with Crippen LogP contribution in [0.2, 0.25) is 0 Å². The normalized spacial score (nSPS) is 23.4. The molecule has 4 rings (SSSR count). The van der Waals surface area contributed by atoms with Gasteiger partial charge >= 0.3 is 6.09 Å². The van der Waals surface area contributed by atoms with Crippen molar-refractivity contribution in [2.75, 3.05) is 13.1 Å². The number of aromatic nitrogens is 3. The number of amides is 2. The van der Waals surface area contributed by atoms with Gasteiger partial charge in [-0.25, -0.2) is 9.48 Å². The zero-order valence-electron chi connectivity index (χ0n) is 23.2. The lowest BCUT2D eigenvalue weighted by atomic mass is 9.64. The molecule has 0 radical (unpaired) electrons. The Morgan fingerprint density at radius 1 is 1.13 bits per heavy atom. The monoisotopic (exact) mass is 543 g/mol. The molecular formula is C28H41N5O4S. The lowest BCUT2D eigenvalue weighted by molar-refractivity contribution is -0.129. The number of hydrogen-bond acceptors (Lipinski definition) is 7. The van der Waals surface area contributed by atoms with Crippen LogP contribution in [0.25, 0.3) is 0 Å². The minimum absolute atomic E-state index is 0.0946. The van der Waals surface area contributed by atoms with Crippen molar-refractivity contribution in [1.82, 2.24) is 19.9 Å². The number of piperidine rings is 1. The van der Waals surface area contributed by atoms with Gasteiger partial charge in [-0.1, -0.05) is 31.9 Å². The smallest absolute Gasteiger partial charge is 0.410 e. The van der Waals surface area contributed by atoms with Gasteiger partial charge in [0.15, 0.2) is 5.78 Å². The lowest BCUT2D eigenvalue weighted by Gasteiger charge is -2.40. The maximum Gasteiger partial charge on any atom is 0.410 e. The highest BCUT2D eigenvalue weighted by molar-refractivity contribution is 7.08. The van der Waals surface area contributed by atoms with E-state index in [0.717, 1.165) is 36.9 Å². The number of rotatable bonds is 7. The van der Waals surface area contributed by atoms with Gasteiger partial charge in [0.05, 0.1) is 11.9 Å². The molecule has 1 atom stereocenters. The summed E-state index contributed by atoms with van der Waals surface area (Å²) in [6.07, 6.45) is 6.66. The van der Waals surface area contributed by atoms with Gasteiger partial charge in [-0.15, -0.1) is 5.10 Å². The summed E-state index contributed by atoms with van der Waals surface area (Å²) < 4.78 is 7.10. The van der Waals surface area contributed by atoms with Crippen molar-refractivity contribution in [3.63, 3.8) is 0 Å². The van der Waals surface area contributed by atoms with E-state index in [2.05, 4.69) is 24.2 Å². The van der Waals surface area contributed by atoms with E-state index in [4.69, 9.17) is 10.5 Å². The minimum Gasteiger partial charge on any atom is -0.444 e. The SMILES string of the molecule is CC1CCC([C@](C)(CC(=O)c2ccsc2)c2cn(C3(C(N)=O)CCN(C(=O)OC(C)(C)C)CC3)nn2)CC1. The van der Waals surface area contributed by atoms with Crippen molar-refractivity contribution < 1.29 is 19.1 Å². The number of thiophene rings is 1. The summed E-state index contributed by atoms with van der Waals surface area (Å²) in [6.45, 7) is 10.5. The van der Waals surface area contributed by atoms with Crippen LogP contribution in [0, 0.1) is 11.8 Å². The number of carbonyl (C=O) groups excluding carboxylic acids is 3. The number of ether oxygens (including phenoxy) is 1. The van der Waals surface area contributed by atoms with E-state index in [9.17, 15) is 14.4 Å². The third-order valence-corrected chi connectivity index (χ3v) is 9.19. The van der Waals surface area contributed by atoms with E-state index in [1.54, 1.807) is 9.58 Å². The summed E-state index contributed by atoms with van der Waals surface area (Å²) in [5.41, 5.74) is 5.19. The summed E-state index contributed by atoms with van der Waals surface area (Å²) in [7, 11) is 0. The lowest BCUT2D eigenvalue weighted by Crippen LogP contribution is -2.55. The van der Waals surface area contributed by atoms with Crippen LogP contribution in [-0.2, 0) is 20.5 Å². The number of nitrogens with zero attached hydrogens (tertiary/aromatic N) is 4. The average molecular weight is 544 g/mol. The maximum atomic E-state index is 13.3. The molecule has 0 spiro atoms. The fourth-order valence-corrected chi connectivity index (χ4v) is 6.57. The van der Waals surface area contributed by atoms with Crippen LogP contribution in [-0.4, -0.2) is 56.4 Å². The average Bonchev–Trinajstić information content (AvgIpc) is 3.56. The number of ketones is 1. The van der Waals surface area contributed by atoms with Crippen LogP contribution >= 0.6 is 11.3 Å². The Morgan fingerprint density at radius 3 is 2.34 bits per heavy atom. The molecule has 0 bridgehead atoms. The molecule has 0 unspecified atom stereocenters. The third kappa shape index (κ3) is 5.80. The molecule has 2 aliphatic rings. The fourth-order valence-electron chi connectivity index (χ4n) is 5.91. The summed E-state index contributed by atoms with van der Waals surface area (Å²) >= 11 is 1.51. The van der Waals surface area contributed by atoms with Crippen LogP contribution in [0.5, 0.6) is 0 Å². The molecule has 9 nitrogen and oxygen atoms in total. The van der Waals surface area contributed by atoms with Crippen LogP contribution in [0.4, 0.5) is 4.79 Å². The Labute approximate surface area is 229 Å². The van der Waals surface area contributed by atoms with Crippen LogP contribution in [0.15, 0.2) is 23.0 Å². The standard InChI is InChI=1S/C28H41N5O4S/c1-19-6-8-21(9-7-19)27(5,16-22(34)20-10-15-38-18-20)23-17-33(31-30-23)28(24(29)35)11-13-32(14-12-28)25(36)37-26(2,3)4/h10,15,17-19,21H,6-9,11-14,16H2,1-5H3,(H2,29,35)/t19?,21?,27-/m0/s1. The zero-order valence-corrected chi connectivity index (χ0v) is 24.1. The third-order valence-electron chi connectivity index (χ3n) is 8.51. The number of nitrogens with two attached hydrogens (primary N) is 1. The molecular weight excluding hydrogens is 502 g/mol. The first kappa shape index (κ1) is 28.3. The van der Waals surface area contributed by atoms with Gasteiger partial charge in [0.25, 0.3) is 0 Å². The minimum atomic E-state index is -1.09. The molecule has 1 saturated heterocycles. The van der Waals surface area contributed by atoms with Gasteiger partial charge < -0.3 is 15.4 Å². The Morgan fingerprint density at radius 2 is 1.79 bits per heavy atom. The Balaban J connectivity index is 1.60. The molecule has 2 N–H and O–H groups in total. The van der Waals surface area contributed by atoms with E-state index in [-0.39, 0.29) is 11.7 Å². The van der Waals surface area contributed by atoms with Crippen molar-refractivity contribution in [1.29, 1.82) is 0 Å². The van der Waals surface area contributed by atoms with Crippen molar-refractivity contribution in [2.24, 2.45) is 17.6 Å². The Hall–Kier alpha value is -2.75. The van der Waals surface area contributed by atoms with Crippen molar-refractivity contribution in [2.45, 2.75) is 96.1 Å². The topological polar surface area (TPSA) is 120 Å². The molecule has 1 aliphatic heterocycles. The molecule has 1 aliphatic carbocycles. The quantitative estimate of drug-likeness (QED) is 0.496. The summed E-state index contributed by atoms with van der Waals surface area (Å²) in [5.74, 6) is 0.551. The Kier molecular flexibility index (Phi) is 8.02. The number of Topliss-reactive ketones (excluding diaryl/α,β-unsaturated/α-hetero) is 1. The highest BCUT2D eigenvalue weighted by Gasteiger charge is 2.47. The van der Waals surface area contributed by atoms with Gasteiger partial charge in [0, 0.05) is 35.9 Å². The fraction of sp³-hybridized carbons (Fsp3) is 0.679. The zero-order chi connectivity index (χ0) is 27.7. The van der Waals surface area contributed by atoms with E-state index in [0.29, 0.717) is 38.3 Å². The van der Waals surface area contributed by atoms with Gasteiger partial charge in [-0.05, 0) is 69.7 Å². The number of primary amides is 1. The molecule has 2 aromatic heterocycles. The Bertz CT molecular complexity index is 1140. The first-order chi connectivity index (χ1) is 17.8. The number of carbonyl (C=O) groups is 3. The van der Waals surface area contributed by atoms with Crippen molar-refractivity contribution >= 4 is 29.1 Å². The second-order valence-corrected chi connectivity index (χ2v) is 13.2. The first-order valence-corrected chi connectivity index (χ1v) is 14.5. The predicted octanol–water partition coefficient (Wildman–Crippen LogP) is 4.91. The van der Waals surface area contributed by atoms with Gasteiger partial charge in [-0.3, -0.25) is 9.59 Å². The number of likely N-dealkylation sites (tertiary alicyclic amines) is 1. The predicted molar refractivity (Wildman–Crippen MR) is 146 cm³/mol. The molecule has 2 amide bonds. The molecule has 38 heavy (non-hydrogen) atoms.